The quantitative estimate of drug-likeness (QED) is 0.223. The monoisotopic (exact) mass is 447 g/mol. The third-order valence-electron chi connectivity index (χ3n) is 7.71. The molecule has 0 saturated heterocycles. The highest BCUT2D eigenvalue weighted by atomic mass is 15.0. The van der Waals surface area contributed by atoms with Crippen LogP contribution in [0.4, 0.5) is 11.4 Å². The van der Waals surface area contributed by atoms with Crippen molar-refractivity contribution in [2.45, 2.75) is 47.1 Å². The maximum atomic E-state index is 6.76. The van der Waals surface area contributed by atoms with Gasteiger partial charge in [0, 0.05) is 45.6 Å². The summed E-state index contributed by atoms with van der Waals surface area (Å²) in [5, 5.41) is 2.55. The van der Waals surface area contributed by atoms with Crippen molar-refractivity contribution in [3.05, 3.63) is 106 Å². The molecule has 1 heterocycles. The smallest absolute Gasteiger partial charge is 0.0491 e. The molecule has 0 aliphatic heterocycles. The third kappa shape index (κ3) is 3.27. The predicted octanol–water partition coefficient (Wildman–Crippen LogP) is 7.39. The van der Waals surface area contributed by atoms with E-state index in [1.54, 1.807) is 0 Å². The van der Waals surface area contributed by atoms with Gasteiger partial charge in [-0.2, -0.15) is 0 Å². The molecular weight excluding hydrogens is 414 g/mol. The van der Waals surface area contributed by atoms with Crippen LogP contribution in [0, 0.1) is 27.7 Å². The van der Waals surface area contributed by atoms with Crippen molar-refractivity contribution in [2.24, 2.45) is 0 Å². The molecular formula is C31H33N3. The highest BCUT2D eigenvalue weighted by molar-refractivity contribution is 6.08. The normalized spacial score (nSPS) is 11.7. The van der Waals surface area contributed by atoms with Gasteiger partial charge in [0.05, 0.1) is 0 Å². The van der Waals surface area contributed by atoms with E-state index in [9.17, 15) is 0 Å². The molecule has 0 saturated carbocycles. The Hall–Kier alpha value is -3.72. The molecule has 0 aliphatic rings. The molecule has 5 aromatic rings. The fraction of sp³-hybridized carbons (Fsp3) is 0.226. The fourth-order valence-corrected chi connectivity index (χ4v) is 5.34. The first-order valence-electron chi connectivity index (χ1n) is 12.1. The van der Waals surface area contributed by atoms with E-state index in [4.69, 9.17) is 11.5 Å². The maximum Gasteiger partial charge on any atom is 0.0491 e. The van der Waals surface area contributed by atoms with E-state index in [1.807, 2.05) is 0 Å². The molecule has 0 fully saturated rings. The molecule has 4 aromatic carbocycles. The average molecular weight is 448 g/mol. The Balaban J connectivity index is 1.84. The minimum absolute atomic E-state index is 0.0493. The number of nitrogens with zero attached hydrogens (tertiary/aromatic N) is 1. The lowest BCUT2D eigenvalue weighted by Gasteiger charge is -2.25. The Morgan fingerprint density at radius 3 is 1.82 bits per heavy atom. The van der Waals surface area contributed by atoms with E-state index in [0.29, 0.717) is 0 Å². The zero-order valence-corrected chi connectivity index (χ0v) is 20.7. The minimum Gasteiger partial charge on any atom is -0.398 e. The Bertz CT molecular complexity index is 1500. The van der Waals surface area contributed by atoms with Crippen molar-refractivity contribution >= 4 is 33.2 Å². The van der Waals surface area contributed by atoms with Crippen molar-refractivity contribution in [3.63, 3.8) is 0 Å². The summed E-state index contributed by atoms with van der Waals surface area (Å²) in [5.74, 6) is -0.0493. The number of hydrogen-bond acceptors (Lipinski definition) is 2. The summed E-state index contributed by atoms with van der Waals surface area (Å²) >= 11 is 0. The van der Waals surface area contributed by atoms with Gasteiger partial charge in [-0.1, -0.05) is 48.5 Å². The molecule has 0 amide bonds. The van der Waals surface area contributed by atoms with Crippen LogP contribution < -0.4 is 11.5 Å². The third-order valence-corrected chi connectivity index (χ3v) is 7.71. The molecule has 4 N–H and O–H groups in total. The van der Waals surface area contributed by atoms with E-state index in [1.165, 1.54) is 38.5 Å². The number of nitrogen functional groups attached to an aromatic ring is 2. The molecule has 0 spiro atoms. The van der Waals surface area contributed by atoms with Gasteiger partial charge in [0.1, 0.15) is 0 Å². The van der Waals surface area contributed by atoms with Crippen LogP contribution in [0.5, 0.6) is 0 Å². The minimum atomic E-state index is -0.0493. The van der Waals surface area contributed by atoms with Gasteiger partial charge in [-0.05, 0) is 91.8 Å². The van der Waals surface area contributed by atoms with Crippen molar-refractivity contribution in [1.82, 2.24) is 4.57 Å². The molecule has 0 bridgehead atoms. The Morgan fingerprint density at radius 1 is 0.676 bits per heavy atom. The molecule has 3 heteroatoms. The summed E-state index contributed by atoms with van der Waals surface area (Å²) in [6, 6.07) is 24.2. The van der Waals surface area contributed by atoms with Gasteiger partial charge in [0.2, 0.25) is 0 Å². The number of para-hydroxylation sites is 1. The second-order valence-electron chi connectivity index (χ2n) is 9.49. The van der Waals surface area contributed by atoms with Gasteiger partial charge in [0.25, 0.3) is 0 Å². The Kier molecular flexibility index (Phi) is 5.36. The molecule has 34 heavy (non-hydrogen) atoms. The van der Waals surface area contributed by atoms with E-state index in [-0.39, 0.29) is 5.92 Å². The number of rotatable bonds is 4. The first-order chi connectivity index (χ1) is 16.3. The van der Waals surface area contributed by atoms with Crippen LogP contribution in [-0.2, 0) is 6.54 Å². The van der Waals surface area contributed by atoms with E-state index < -0.39 is 0 Å². The second kappa shape index (κ2) is 8.25. The van der Waals surface area contributed by atoms with E-state index in [2.05, 4.69) is 106 Å². The molecule has 3 nitrogen and oxygen atoms in total. The summed E-state index contributed by atoms with van der Waals surface area (Å²) in [5.41, 5.74) is 25.8. The number of nitrogens with two attached hydrogens (primary N) is 2. The van der Waals surface area contributed by atoms with Crippen LogP contribution in [-0.4, -0.2) is 4.57 Å². The average Bonchev–Trinajstić information content (AvgIpc) is 3.17. The van der Waals surface area contributed by atoms with Crippen molar-refractivity contribution in [1.29, 1.82) is 0 Å². The maximum absolute atomic E-state index is 6.76. The van der Waals surface area contributed by atoms with Crippen molar-refractivity contribution in [3.8, 4) is 0 Å². The first-order valence-corrected chi connectivity index (χ1v) is 12.1. The van der Waals surface area contributed by atoms with E-state index in [0.717, 1.165) is 40.2 Å². The number of anilines is 2. The first kappa shape index (κ1) is 22.1. The number of aromatic nitrogens is 1. The molecule has 0 atom stereocenters. The van der Waals surface area contributed by atoms with Crippen LogP contribution in [0.3, 0.4) is 0 Å². The van der Waals surface area contributed by atoms with Crippen LogP contribution in [0.15, 0.2) is 66.7 Å². The SMILES string of the molecule is CCn1c2ccccc2c2cc(C(c3ccc(C)c(C)c3N)c3ccc(C)c(C)c3N)ccc21. The molecule has 172 valence electrons. The zero-order valence-electron chi connectivity index (χ0n) is 20.7. The number of aryl methyl sites for hydroxylation is 3. The number of fused-ring (bicyclic) bond motifs is 3. The van der Waals surface area contributed by atoms with E-state index >= 15 is 0 Å². The van der Waals surface area contributed by atoms with Crippen LogP contribution in [0.1, 0.15) is 51.8 Å². The Labute approximate surface area is 202 Å². The van der Waals surface area contributed by atoms with Gasteiger partial charge >= 0.3 is 0 Å². The van der Waals surface area contributed by atoms with Crippen LogP contribution >= 0.6 is 0 Å². The predicted molar refractivity (Wildman–Crippen MR) is 147 cm³/mol. The summed E-state index contributed by atoms with van der Waals surface area (Å²) in [4.78, 5) is 0. The van der Waals surface area contributed by atoms with Crippen LogP contribution in [0.25, 0.3) is 21.8 Å². The number of hydrogen-bond donors (Lipinski definition) is 2. The Morgan fingerprint density at radius 2 is 1.24 bits per heavy atom. The van der Waals surface area contributed by atoms with Crippen molar-refractivity contribution in [2.75, 3.05) is 11.5 Å². The summed E-state index contributed by atoms with van der Waals surface area (Å²) in [7, 11) is 0. The largest absolute Gasteiger partial charge is 0.398 e. The van der Waals surface area contributed by atoms with Crippen molar-refractivity contribution < 1.29 is 0 Å². The molecule has 1 aromatic heterocycles. The van der Waals surface area contributed by atoms with Gasteiger partial charge in [0.15, 0.2) is 0 Å². The van der Waals surface area contributed by atoms with Crippen LogP contribution in [0.2, 0.25) is 0 Å². The summed E-state index contributed by atoms with van der Waals surface area (Å²) in [6.45, 7) is 11.6. The lowest BCUT2D eigenvalue weighted by Crippen LogP contribution is -2.11. The second-order valence-corrected chi connectivity index (χ2v) is 9.49. The van der Waals surface area contributed by atoms with Gasteiger partial charge in [-0.25, -0.2) is 0 Å². The zero-order chi connectivity index (χ0) is 24.1. The topological polar surface area (TPSA) is 57.0 Å². The molecule has 0 radical (unpaired) electrons. The molecule has 5 rings (SSSR count). The lowest BCUT2D eigenvalue weighted by atomic mass is 9.80. The molecule has 0 unspecified atom stereocenters. The summed E-state index contributed by atoms with van der Waals surface area (Å²) < 4.78 is 2.39. The van der Waals surface area contributed by atoms with Gasteiger partial charge < -0.3 is 16.0 Å². The highest BCUT2D eigenvalue weighted by Crippen LogP contribution is 2.42. The standard InChI is InChI=1S/C31H33N3/c1-6-34-27-10-8-7-9-23(27)26-17-22(13-16-28(26)34)29(24-14-11-18(2)20(4)30(24)32)25-15-12-19(3)21(5)31(25)33/h7-17,29H,6,32-33H2,1-5H3. The lowest BCUT2D eigenvalue weighted by molar-refractivity contribution is 0.827. The molecule has 0 aliphatic carbocycles. The summed E-state index contributed by atoms with van der Waals surface area (Å²) in [6.07, 6.45) is 0. The van der Waals surface area contributed by atoms with Gasteiger partial charge in [-0.3, -0.25) is 0 Å². The van der Waals surface area contributed by atoms with Gasteiger partial charge in [-0.15, -0.1) is 0 Å². The fourth-order valence-electron chi connectivity index (χ4n) is 5.34. The highest BCUT2D eigenvalue weighted by Gasteiger charge is 2.24. The number of benzene rings is 4.